The second-order valence-electron chi connectivity index (χ2n) is 9.44. The van der Waals surface area contributed by atoms with E-state index in [-0.39, 0.29) is 29.6 Å². The van der Waals surface area contributed by atoms with Gasteiger partial charge in [-0.1, -0.05) is 0 Å². The second-order valence-corrected chi connectivity index (χ2v) is 9.44. The smallest absolute Gasteiger partial charge is 0.349 e. The molecular weight excluding hydrogens is 465 g/mol. The maximum atomic E-state index is 15.5. The molecule has 1 aromatic carbocycles. The van der Waals surface area contributed by atoms with Gasteiger partial charge in [0.15, 0.2) is 5.82 Å². The molecule has 3 aliphatic rings. The molecule has 0 radical (unpaired) electrons. The predicted octanol–water partition coefficient (Wildman–Crippen LogP) is 2.58. The topological polar surface area (TPSA) is 114 Å². The number of nitrogens with one attached hydrogen (secondary N) is 2. The molecule has 3 aromatic rings. The molecule has 10 nitrogen and oxygen atoms in total. The Morgan fingerprint density at radius 1 is 1.33 bits per heavy atom. The van der Waals surface area contributed by atoms with Crippen LogP contribution in [0.5, 0.6) is 5.75 Å². The summed E-state index contributed by atoms with van der Waals surface area (Å²) in [6.45, 7) is 5.19. The van der Waals surface area contributed by atoms with Gasteiger partial charge in [0.05, 0.1) is 23.6 Å². The molecule has 2 aromatic heterocycles. The summed E-state index contributed by atoms with van der Waals surface area (Å²) in [4.78, 5) is 39.2. The molecule has 0 spiro atoms. The summed E-state index contributed by atoms with van der Waals surface area (Å²) < 4.78 is 23.0. The number of aromatic nitrogens is 3. The first-order valence-corrected chi connectivity index (χ1v) is 12.2. The van der Waals surface area contributed by atoms with E-state index in [1.807, 2.05) is 13.8 Å². The van der Waals surface area contributed by atoms with E-state index in [4.69, 9.17) is 4.74 Å². The number of ether oxygens (including phenoxy) is 1. The molecule has 1 saturated heterocycles. The molecular formula is C25H26FN7O3. The van der Waals surface area contributed by atoms with Crippen molar-refractivity contribution in [3.05, 3.63) is 52.0 Å². The normalized spacial score (nSPS) is 20.6. The lowest BCUT2D eigenvalue weighted by molar-refractivity contribution is -0.0419. The summed E-state index contributed by atoms with van der Waals surface area (Å²) in [5.74, 6) is 0.333. The third-order valence-electron chi connectivity index (χ3n) is 7.03. The highest BCUT2D eigenvalue weighted by Gasteiger charge is 2.38. The minimum atomic E-state index is -0.517. The van der Waals surface area contributed by atoms with Crippen molar-refractivity contribution in [3.8, 4) is 5.75 Å². The van der Waals surface area contributed by atoms with Crippen LogP contribution < -0.4 is 21.1 Å². The highest BCUT2D eigenvalue weighted by atomic mass is 19.1. The van der Waals surface area contributed by atoms with E-state index in [1.165, 1.54) is 10.9 Å². The third kappa shape index (κ3) is 3.89. The standard InChI is InChI=1S/C25H26FN7O3/c1-3-33-23-20-18(28-12-29-23)8-14(21(26)22(20)31-25(33)35)10-32-11-19(13(32)2)36-16-6-7-17(27-9-16)24(34)30-15-4-5-15/h6-9,12-13,15,19H,3-5,10-11H2,1-2H3,(H,28,29)(H,30,34)/t13-,19+/m1/s1. The average Bonchev–Trinajstić information content (AvgIpc) is 3.70. The van der Waals surface area contributed by atoms with Gasteiger partial charge in [0.1, 0.15) is 28.9 Å². The summed E-state index contributed by atoms with van der Waals surface area (Å²) in [7, 11) is 0. The van der Waals surface area contributed by atoms with Crippen LogP contribution in [-0.2, 0) is 13.1 Å². The van der Waals surface area contributed by atoms with Crippen LogP contribution in [0.4, 0.5) is 15.9 Å². The maximum Gasteiger partial charge on any atom is 0.349 e. The van der Waals surface area contributed by atoms with Gasteiger partial charge in [-0.15, -0.1) is 0 Å². The van der Waals surface area contributed by atoms with Crippen LogP contribution in [0.3, 0.4) is 0 Å². The monoisotopic (exact) mass is 491 g/mol. The molecule has 1 aliphatic carbocycles. The molecule has 186 valence electrons. The van der Waals surface area contributed by atoms with E-state index in [0.717, 1.165) is 12.8 Å². The SMILES string of the molecule is CCn1c2c3c(cc(CN4C[C@H](Oc5ccc(C(=O)NC6CC6)nc5)[C@H]4C)c(F)c3nc1=O)NC=N2. The van der Waals surface area contributed by atoms with E-state index in [2.05, 4.69) is 30.5 Å². The van der Waals surface area contributed by atoms with Gasteiger partial charge in [0.25, 0.3) is 5.91 Å². The van der Waals surface area contributed by atoms with Crippen molar-refractivity contribution in [1.82, 2.24) is 24.8 Å². The Bertz CT molecular complexity index is 1450. The van der Waals surface area contributed by atoms with Gasteiger partial charge in [-0.2, -0.15) is 4.98 Å². The summed E-state index contributed by atoms with van der Waals surface area (Å²) >= 11 is 0. The van der Waals surface area contributed by atoms with E-state index < -0.39 is 11.5 Å². The fraction of sp³-hybridized carbons (Fsp3) is 0.400. The fourth-order valence-corrected chi connectivity index (χ4v) is 4.68. The Balaban J connectivity index is 1.15. The van der Waals surface area contributed by atoms with Crippen molar-refractivity contribution in [1.29, 1.82) is 0 Å². The number of pyridine rings is 1. The zero-order valence-corrected chi connectivity index (χ0v) is 20.0. The third-order valence-corrected chi connectivity index (χ3v) is 7.03. The van der Waals surface area contributed by atoms with Crippen LogP contribution in [0.15, 0.2) is 34.2 Å². The van der Waals surface area contributed by atoms with Gasteiger partial charge in [-0.3, -0.25) is 14.3 Å². The van der Waals surface area contributed by atoms with Crippen LogP contribution in [0.1, 0.15) is 42.7 Å². The van der Waals surface area contributed by atoms with E-state index in [1.54, 1.807) is 24.4 Å². The Labute approximate surface area is 206 Å². The zero-order valence-electron chi connectivity index (χ0n) is 20.0. The van der Waals surface area contributed by atoms with Crippen molar-refractivity contribution < 1.29 is 13.9 Å². The molecule has 6 rings (SSSR count). The number of nitrogens with zero attached hydrogens (tertiary/aromatic N) is 5. The Hall–Kier alpha value is -3.86. The molecule has 2 N–H and O–H groups in total. The summed E-state index contributed by atoms with van der Waals surface area (Å²) in [6, 6.07) is 5.47. The molecule has 2 atom stereocenters. The number of rotatable bonds is 7. The number of hydrogen-bond donors (Lipinski definition) is 2. The van der Waals surface area contributed by atoms with Crippen LogP contribution in [0.2, 0.25) is 0 Å². The largest absolute Gasteiger partial charge is 0.486 e. The van der Waals surface area contributed by atoms with Crippen molar-refractivity contribution >= 4 is 34.7 Å². The number of anilines is 1. The molecule has 36 heavy (non-hydrogen) atoms. The van der Waals surface area contributed by atoms with Crippen molar-refractivity contribution in [2.24, 2.45) is 4.99 Å². The van der Waals surface area contributed by atoms with Gasteiger partial charge in [0.2, 0.25) is 0 Å². The van der Waals surface area contributed by atoms with E-state index in [9.17, 15) is 9.59 Å². The minimum Gasteiger partial charge on any atom is -0.486 e. The Morgan fingerprint density at radius 2 is 2.17 bits per heavy atom. The first-order valence-electron chi connectivity index (χ1n) is 12.2. The molecule has 1 amide bonds. The van der Waals surface area contributed by atoms with Gasteiger partial charge < -0.3 is 15.4 Å². The van der Waals surface area contributed by atoms with Crippen molar-refractivity contribution in [2.45, 2.75) is 58.0 Å². The fourth-order valence-electron chi connectivity index (χ4n) is 4.68. The van der Waals surface area contributed by atoms with Crippen LogP contribution in [0, 0.1) is 5.82 Å². The first-order chi connectivity index (χ1) is 17.4. The lowest BCUT2D eigenvalue weighted by Crippen LogP contribution is -2.60. The molecule has 1 saturated carbocycles. The minimum absolute atomic E-state index is 0.0282. The van der Waals surface area contributed by atoms with E-state index in [0.29, 0.717) is 53.5 Å². The molecule has 0 unspecified atom stereocenters. The zero-order chi connectivity index (χ0) is 25.0. The van der Waals surface area contributed by atoms with E-state index >= 15 is 4.39 Å². The van der Waals surface area contributed by atoms with Crippen molar-refractivity contribution in [3.63, 3.8) is 0 Å². The number of benzene rings is 1. The van der Waals surface area contributed by atoms with Crippen LogP contribution >= 0.6 is 0 Å². The summed E-state index contributed by atoms with van der Waals surface area (Å²) in [5.41, 5.74) is 1.02. The number of carbonyl (C=O) groups is 1. The summed E-state index contributed by atoms with van der Waals surface area (Å²) in [6.07, 6.45) is 5.02. The number of amides is 1. The average molecular weight is 492 g/mol. The number of aliphatic imine (C=N–C) groups is 1. The molecule has 2 fully saturated rings. The number of halogens is 1. The van der Waals surface area contributed by atoms with Gasteiger partial charge in [0, 0.05) is 37.3 Å². The molecule has 0 bridgehead atoms. The predicted molar refractivity (Wildman–Crippen MR) is 132 cm³/mol. The number of hydrogen-bond acceptors (Lipinski definition) is 8. The highest BCUT2D eigenvalue weighted by molar-refractivity contribution is 6.06. The number of carbonyl (C=O) groups excluding carboxylic acids is 1. The number of likely N-dealkylation sites (tertiary alicyclic amines) is 1. The van der Waals surface area contributed by atoms with Gasteiger partial charge in [-0.05, 0) is 44.9 Å². The molecule has 2 aliphatic heterocycles. The molecule has 4 heterocycles. The van der Waals surface area contributed by atoms with Gasteiger partial charge in [-0.25, -0.2) is 19.2 Å². The lowest BCUT2D eigenvalue weighted by atomic mass is 9.98. The molecule has 11 heteroatoms. The first kappa shape index (κ1) is 22.6. The van der Waals surface area contributed by atoms with Gasteiger partial charge >= 0.3 is 5.69 Å². The lowest BCUT2D eigenvalue weighted by Gasteiger charge is -2.45. The Kier molecular flexibility index (Phi) is 5.44. The van der Waals surface area contributed by atoms with Crippen LogP contribution in [-0.4, -0.2) is 56.4 Å². The quantitative estimate of drug-likeness (QED) is 0.522. The second kappa shape index (κ2) is 8.66. The maximum absolute atomic E-state index is 15.5. The highest BCUT2D eigenvalue weighted by Crippen LogP contribution is 2.37. The summed E-state index contributed by atoms with van der Waals surface area (Å²) in [5, 5.41) is 6.49. The van der Waals surface area contributed by atoms with Crippen molar-refractivity contribution in [2.75, 3.05) is 11.9 Å². The van der Waals surface area contributed by atoms with Crippen LogP contribution in [0.25, 0.3) is 10.9 Å². The Morgan fingerprint density at radius 3 is 2.86 bits per heavy atom.